The van der Waals surface area contributed by atoms with Gasteiger partial charge in [-0.25, -0.2) is 0 Å². The highest BCUT2D eigenvalue weighted by Crippen LogP contribution is 2.29. The van der Waals surface area contributed by atoms with Crippen molar-refractivity contribution < 1.29 is 4.79 Å². The molecule has 1 aromatic carbocycles. The van der Waals surface area contributed by atoms with E-state index in [0.717, 1.165) is 24.3 Å². The van der Waals surface area contributed by atoms with Crippen LogP contribution in [0.15, 0.2) is 24.3 Å². The van der Waals surface area contributed by atoms with Gasteiger partial charge in [-0.3, -0.25) is 4.79 Å². The average molecular weight is 230 g/mol. The number of hydrogen-bond acceptors (Lipinski definition) is 1. The highest BCUT2D eigenvalue weighted by Gasteiger charge is 2.23. The maximum atomic E-state index is 12.4. The number of carbonyl (C=O) groups excluding carboxylic acids is 1. The van der Waals surface area contributed by atoms with Gasteiger partial charge in [-0.2, -0.15) is 0 Å². The zero-order chi connectivity index (χ0) is 12.3. The fourth-order valence-electron chi connectivity index (χ4n) is 2.70. The van der Waals surface area contributed by atoms with Crippen LogP contribution in [0.2, 0.25) is 0 Å². The van der Waals surface area contributed by atoms with E-state index in [-0.39, 0.29) is 5.92 Å². The first-order valence-corrected chi connectivity index (χ1v) is 6.77. The Morgan fingerprint density at radius 1 is 1.06 bits per heavy atom. The van der Waals surface area contributed by atoms with E-state index in [1.165, 1.54) is 24.8 Å². The molecule has 0 saturated heterocycles. The molecule has 1 fully saturated rings. The average Bonchev–Trinajstić information content (AvgIpc) is 2.54. The molecule has 0 bridgehead atoms. The van der Waals surface area contributed by atoms with Crippen LogP contribution in [0.25, 0.3) is 0 Å². The largest absolute Gasteiger partial charge is 0.294 e. The van der Waals surface area contributed by atoms with Gasteiger partial charge in [-0.15, -0.1) is 0 Å². The molecule has 0 aliphatic heterocycles. The second kappa shape index (κ2) is 5.48. The summed E-state index contributed by atoms with van der Waals surface area (Å²) in [6.45, 7) is 4.36. The van der Waals surface area contributed by atoms with Gasteiger partial charge in [0, 0.05) is 11.5 Å². The van der Waals surface area contributed by atoms with E-state index < -0.39 is 0 Å². The van der Waals surface area contributed by atoms with Crippen molar-refractivity contribution in [2.24, 2.45) is 11.8 Å². The standard InChI is InChI=1S/C16H22O/c1-12-4-3-5-14(9-6-12)16(17)15-10-7-13(2)8-11-15/h7-8,10-12,14H,3-6,9H2,1-2H3. The minimum atomic E-state index is 0.266. The van der Waals surface area contributed by atoms with Crippen molar-refractivity contribution in [3.8, 4) is 0 Å². The third kappa shape index (κ3) is 3.18. The van der Waals surface area contributed by atoms with Crippen LogP contribution in [-0.4, -0.2) is 5.78 Å². The molecule has 0 spiro atoms. The van der Waals surface area contributed by atoms with Gasteiger partial charge in [0.05, 0.1) is 0 Å². The zero-order valence-corrected chi connectivity index (χ0v) is 10.9. The first-order valence-electron chi connectivity index (χ1n) is 6.77. The molecule has 1 saturated carbocycles. The van der Waals surface area contributed by atoms with Crippen molar-refractivity contribution in [1.82, 2.24) is 0 Å². The van der Waals surface area contributed by atoms with E-state index in [4.69, 9.17) is 0 Å². The number of benzene rings is 1. The second-order valence-electron chi connectivity index (χ2n) is 5.54. The van der Waals surface area contributed by atoms with Gasteiger partial charge < -0.3 is 0 Å². The molecular formula is C16H22O. The van der Waals surface area contributed by atoms with Crippen molar-refractivity contribution in [3.63, 3.8) is 0 Å². The Bertz CT molecular complexity index is 377. The number of ketones is 1. The maximum Gasteiger partial charge on any atom is 0.165 e. The van der Waals surface area contributed by atoms with E-state index in [1.807, 2.05) is 24.3 Å². The Labute approximate surface area is 104 Å². The number of aryl methyl sites for hydroxylation is 1. The van der Waals surface area contributed by atoms with Gasteiger partial charge in [0.2, 0.25) is 0 Å². The predicted octanol–water partition coefficient (Wildman–Crippen LogP) is 4.39. The van der Waals surface area contributed by atoms with E-state index >= 15 is 0 Å². The molecule has 1 nitrogen and oxygen atoms in total. The molecule has 0 heterocycles. The highest BCUT2D eigenvalue weighted by atomic mass is 16.1. The SMILES string of the molecule is Cc1ccc(C(=O)C2CCCC(C)CC2)cc1. The Balaban J connectivity index is 2.06. The monoisotopic (exact) mass is 230 g/mol. The van der Waals surface area contributed by atoms with Gasteiger partial charge in [-0.05, 0) is 25.7 Å². The lowest BCUT2D eigenvalue weighted by molar-refractivity contribution is 0.0907. The van der Waals surface area contributed by atoms with Crippen LogP contribution in [0.3, 0.4) is 0 Å². The van der Waals surface area contributed by atoms with Gasteiger partial charge in [-0.1, -0.05) is 56.0 Å². The summed E-state index contributed by atoms with van der Waals surface area (Å²) < 4.78 is 0. The lowest BCUT2D eigenvalue weighted by Crippen LogP contribution is -2.14. The molecule has 0 radical (unpaired) electrons. The van der Waals surface area contributed by atoms with Crippen LogP contribution in [0, 0.1) is 18.8 Å². The number of Topliss-reactive ketones (excluding diaryl/α,β-unsaturated/α-hetero) is 1. The Kier molecular flexibility index (Phi) is 3.98. The van der Waals surface area contributed by atoms with Crippen molar-refractivity contribution in [1.29, 1.82) is 0 Å². The number of carbonyl (C=O) groups is 1. The molecule has 1 aromatic rings. The lowest BCUT2D eigenvalue weighted by atomic mass is 9.90. The quantitative estimate of drug-likeness (QED) is 0.544. The summed E-state index contributed by atoms with van der Waals surface area (Å²) >= 11 is 0. The smallest absolute Gasteiger partial charge is 0.165 e. The summed E-state index contributed by atoms with van der Waals surface area (Å²) in [5.74, 6) is 1.42. The van der Waals surface area contributed by atoms with E-state index in [1.54, 1.807) is 0 Å². The molecule has 2 rings (SSSR count). The lowest BCUT2D eigenvalue weighted by Gasteiger charge is -2.13. The van der Waals surface area contributed by atoms with Crippen molar-refractivity contribution in [2.45, 2.75) is 46.0 Å². The number of rotatable bonds is 2. The van der Waals surface area contributed by atoms with Gasteiger partial charge in [0.1, 0.15) is 0 Å². The first kappa shape index (κ1) is 12.3. The van der Waals surface area contributed by atoms with Crippen LogP contribution in [0.1, 0.15) is 54.9 Å². The van der Waals surface area contributed by atoms with Crippen molar-refractivity contribution >= 4 is 5.78 Å². The fraction of sp³-hybridized carbons (Fsp3) is 0.562. The molecule has 17 heavy (non-hydrogen) atoms. The Morgan fingerprint density at radius 3 is 2.47 bits per heavy atom. The zero-order valence-electron chi connectivity index (χ0n) is 10.9. The van der Waals surface area contributed by atoms with Crippen LogP contribution in [-0.2, 0) is 0 Å². The van der Waals surface area contributed by atoms with Gasteiger partial charge in [0.15, 0.2) is 5.78 Å². The summed E-state index contributed by atoms with van der Waals surface area (Å²) in [6.07, 6.45) is 5.87. The van der Waals surface area contributed by atoms with Gasteiger partial charge >= 0.3 is 0 Å². The summed E-state index contributed by atoms with van der Waals surface area (Å²) in [5.41, 5.74) is 2.12. The molecule has 92 valence electrons. The molecular weight excluding hydrogens is 208 g/mol. The van der Waals surface area contributed by atoms with Crippen molar-refractivity contribution in [2.75, 3.05) is 0 Å². The van der Waals surface area contributed by atoms with Crippen LogP contribution < -0.4 is 0 Å². The maximum absolute atomic E-state index is 12.4. The minimum absolute atomic E-state index is 0.266. The Morgan fingerprint density at radius 2 is 1.76 bits per heavy atom. The molecule has 0 N–H and O–H groups in total. The van der Waals surface area contributed by atoms with E-state index in [2.05, 4.69) is 13.8 Å². The van der Waals surface area contributed by atoms with E-state index in [9.17, 15) is 4.79 Å². The predicted molar refractivity (Wildman–Crippen MR) is 71.2 cm³/mol. The third-order valence-corrected chi connectivity index (χ3v) is 3.96. The molecule has 1 aliphatic rings. The summed E-state index contributed by atoms with van der Waals surface area (Å²) in [5, 5.41) is 0. The summed E-state index contributed by atoms with van der Waals surface area (Å²) in [7, 11) is 0. The fourth-order valence-corrected chi connectivity index (χ4v) is 2.70. The molecule has 2 atom stereocenters. The molecule has 1 heteroatoms. The topological polar surface area (TPSA) is 17.1 Å². The molecule has 1 aliphatic carbocycles. The summed E-state index contributed by atoms with van der Waals surface area (Å²) in [6, 6.07) is 8.02. The van der Waals surface area contributed by atoms with Gasteiger partial charge in [0.25, 0.3) is 0 Å². The number of hydrogen-bond donors (Lipinski definition) is 0. The second-order valence-corrected chi connectivity index (χ2v) is 5.54. The van der Waals surface area contributed by atoms with E-state index in [0.29, 0.717) is 5.78 Å². The highest BCUT2D eigenvalue weighted by molar-refractivity contribution is 5.97. The normalized spacial score (nSPS) is 25.3. The minimum Gasteiger partial charge on any atom is -0.294 e. The van der Waals surface area contributed by atoms with Crippen LogP contribution in [0.5, 0.6) is 0 Å². The van der Waals surface area contributed by atoms with Crippen LogP contribution >= 0.6 is 0 Å². The molecule has 2 unspecified atom stereocenters. The third-order valence-electron chi connectivity index (χ3n) is 3.96. The first-order chi connectivity index (χ1) is 8.16. The Hall–Kier alpha value is -1.11. The van der Waals surface area contributed by atoms with Crippen molar-refractivity contribution in [3.05, 3.63) is 35.4 Å². The van der Waals surface area contributed by atoms with Crippen LogP contribution in [0.4, 0.5) is 0 Å². The molecule has 0 amide bonds. The molecule has 0 aromatic heterocycles. The summed E-state index contributed by atoms with van der Waals surface area (Å²) in [4.78, 5) is 12.4.